The largest absolute Gasteiger partial charge is 0.476 e. The monoisotopic (exact) mass is 588 g/mol. The Labute approximate surface area is 240 Å². The first kappa shape index (κ1) is 27.0. The van der Waals surface area contributed by atoms with E-state index < -0.39 is 16.0 Å². The molecule has 0 amide bonds. The Balaban J connectivity index is 1.51. The molecule has 0 bridgehead atoms. The van der Waals surface area contributed by atoms with Gasteiger partial charge in [-0.05, 0) is 72.2 Å². The molecule has 3 aromatic carbocycles. The van der Waals surface area contributed by atoms with Gasteiger partial charge >= 0.3 is 5.97 Å². The molecule has 41 heavy (non-hydrogen) atoms. The van der Waals surface area contributed by atoms with Crippen LogP contribution in [0.25, 0.3) is 27.5 Å². The van der Waals surface area contributed by atoms with Crippen LogP contribution in [0.4, 0.5) is 4.39 Å². The molecule has 6 rings (SSSR count). The third kappa shape index (κ3) is 5.83. The van der Waals surface area contributed by atoms with Crippen LogP contribution in [0.5, 0.6) is 0 Å². The van der Waals surface area contributed by atoms with Gasteiger partial charge in [0, 0.05) is 22.9 Å². The van der Waals surface area contributed by atoms with Crippen molar-refractivity contribution in [1.29, 1.82) is 0 Å². The lowest BCUT2D eigenvalue weighted by Crippen LogP contribution is -2.12. The van der Waals surface area contributed by atoms with E-state index in [-0.39, 0.29) is 16.4 Å². The van der Waals surface area contributed by atoms with Crippen molar-refractivity contribution in [3.63, 3.8) is 0 Å². The number of carbonyl (C=O) groups is 1. The fraction of sp³-hybridized carbons (Fsp3) is 0.167. The molecule has 0 spiro atoms. The van der Waals surface area contributed by atoms with Crippen molar-refractivity contribution in [2.75, 3.05) is 0 Å². The Hall–Kier alpha value is -4.19. The van der Waals surface area contributed by atoms with Crippen molar-refractivity contribution in [2.45, 2.75) is 30.6 Å². The van der Waals surface area contributed by atoms with Gasteiger partial charge in [0.2, 0.25) is 15.2 Å². The number of aromatic carboxylic acids is 1. The lowest BCUT2D eigenvalue weighted by atomic mass is 9.95. The Morgan fingerprint density at radius 2 is 1.71 bits per heavy atom. The zero-order chi connectivity index (χ0) is 28.7. The van der Waals surface area contributed by atoms with E-state index in [1.54, 1.807) is 22.9 Å². The number of hydrogen-bond donors (Lipinski definition) is 2. The van der Waals surface area contributed by atoms with Crippen molar-refractivity contribution in [3.05, 3.63) is 107 Å². The van der Waals surface area contributed by atoms with E-state index in [9.17, 15) is 22.7 Å². The van der Waals surface area contributed by atoms with E-state index in [0.29, 0.717) is 23.2 Å². The smallest absolute Gasteiger partial charge is 0.355 e. The SMILES string of the molecule is NS(=O)(=O)c1ccc(Cc2c(-c3cccc(-c4cccc(F)c4)c3)nn(-c3nc(C(=O)O)cs3)c2CC2CC2)cc1. The third-order valence-corrected chi connectivity index (χ3v) is 8.83. The van der Waals surface area contributed by atoms with Gasteiger partial charge in [-0.1, -0.05) is 42.5 Å². The average molecular weight is 589 g/mol. The van der Waals surface area contributed by atoms with E-state index in [1.165, 1.54) is 41.0 Å². The molecule has 5 aromatic rings. The second-order valence-corrected chi connectivity index (χ2v) is 12.5. The number of nitrogens with zero attached hydrogens (tertiary/aromatic N) is 3. The van der Waals surface area contributed by atoms with Crippen LogP contribution in [0, 0.1) is 11.7 Å². The van der Waals surface area contributed by atoms with Crippen molar-refractivity contribution in [2.24, 2.45) is 11.1 Å². The number of carboxylic acids is 1. The van der Waals surface area contributed by atoms with Gasteiger partial charge < -0.3 is 5.11 Å². The molecule has 2 heterocycles. The van der Waals surface area contributed by atoms with E-state index in [0.717, 1.165) is 52.8 Å². The highest BCUT2D eigenvalue weighted by atomic mass is 32.2. The van der Waals surface area contributed by atoms with Crippen LogP contribution in [0.1, 0.15) is 40.2 Å². The summed E-state index contributed by atoms with van der Waals surface area (Å²) in [5.74, 6) is -0.952. The number of halogens is 1. The second-order valence-electron chi connectivity index (χ2n) is 10.1. The standard InChI is InChI=1S/C30H25FN4O4S2/c31-23-6-2-4-21(16-23)20-3-1-5-22(15-20)28-25(13-18-9-11-24(12-10-18)41(32,38)39)27(14-19-7-8-19)35(34-28)30-33-26(17-40-30)29(36)37/h1-6,9-12,15-17,19H,7-8,13-14H2,(H,36,37)(H2,32,38,39). The molecule has 1 aliphatic carbocycles. The van der Waals surface area contributed by atoms with E-state index in [4.69, 9.17) is 10.2 Å². The predicted molar refractivity (Wildman–Crippen MR) is 154 cm³/mol. The molecular weight excluding hydrogens is 563 g/mol. The Morgan fingerprint density at radius 1 is 1.02 bits per heavy atom. The Kier molecular flexibility index (Phi) is 7.02. The minimum atomic E-state index is -3.83. The Morgan fingerprint density at radius 3 is 2.34 bits per heavy atom. The first-order chi connectivity index (χ1) is 19.7. The average Bonchev–Trinajstić information content (AvgIpc) is 3.50. The maximum atomic E-state index is 14.0. The molecule has 0 unspecified atom stereocenters. The molecule has 1 aliphatic rings. The fourth-order valence-electron chi connectivity index (χ4n) is 4.84. The van der Waals surface area contributed by atoms with Gasteiger partial charge in [-0.15, -0.1) is 11.3 Å². The van der Waals surface area contributed by atoms with Crippen LogP contribution in [0.3, 0.4) is 0 Å². The number of nitrogens with two attached hydrogens (primary N) is 1. The van der Waals surface area contributed by atoms with Crippen molar-refractivity contribution in [3.8, 4) is 27.5 Å². The summed E-state index contributed by atoms with van der Waals surface area (Å²) >= 11 is 1.21. The van der Waals surface area contributed by atoms with Crippen molar-refractivity contribution < 1.29 is 22.7 Å². The number of aromatic nitrogens is 3. The number of rotatable bonds is 9. The summed E-state index contributed by atoms with van der Waals surface area (Å²) in [5, 5.41) is 21.7. The van der Waals surface area contributed by atoms with Crippen LogP contribution in [0.2, 0.25) is 0 Å². The maximum absolute atomic E-state index is 14.0. The molecule has 3 N–H and O–H groups in total. The van der Waals surface area contributed by atoms with Gasteiger partial charge in [0.25, 0.3) is 0 Å². The van der Waals surface area contributed by atoms with Crippen LogP contribution in [-0.4, -0.2) is 34.3 Å². The molecule has 0 aliphatic heterocycles. The minimum absolute atomic E-state index is 0.0298. The summed E-state index contributed by atoms with van der Waals surface area (Å²) in [6, 6.07) is 20.5. The van der Waals surface area contributed by atoms with Crippen LogP contribution < -0.4 is 5.14 Å². The minimum Gasteiger partial charge on any atom is -0.476 e. The summed E-state index contributed by atoms with van der Waals surface area (Å²) in [5.41, 5.74) is 5.75. The number of hydrogen-bond acceptors (Lipinski definition) is 6. The predicted octanol–water partition coefficient (Wildman–Crippen LogP) is 5.69. The highest BCUT2D eigenvalue weighted by Gasteiger charge is 2.29. The topological polar surface area (TPSA) is 128 Å². The molecule has 0 saturated heterocycles. The van der Waals surface area contributed by atoms with E-state index in [1.807, 2.05) is 30.3 Å². The quantitative estimate of drug-likeness (QED) is 0.228. The first-order valence-corrected chi connectivity index (χ1v) is 15.4. The summed E-state index contributed by atoms with van der Waals surface area (Å²) < 4.78 is 39.3. The Bertz CT molecular complexity index is 1880. The molecule has 1 fully saturated rings. The van der Waals surface area contributed by atoms with Gasteiger partial charge in [0.15, 0.2) is 5.69 Å². The van der Waals surface area contributed by atoms with Gasteiger partial charge in [0.1, 0.15) is 5.82 Å². The van der Waals surface area contributed by atoms with Crippen LogP contribution in [-0.2, 0) is 22.9 Å². The highest BCUT2D eigenvalue weighted by Crippen LogP contribution is 2.38. The first-order valence-electron chi connectivity index (χ1n) is 12.9. The van der Waals surface area contributed by atoms with Gasteiger partial charge in [0.05, 0.1) is 16.3 Å². The van der Waals surface area contributed by atoms with Crippen LogP contribution >= 0.6 is 11.3 Å². The molecule has 8 nitrogen and oxygen atoms in total. The van der Waals surface area contributed by atoms with Crippen molar-refractivity contribution >= 4 is 27.3 Å². The summed E-state index contributed by atoms with van der Waals surface area (Å²) in [6.07, 6.45) is 3.37. The fourth-order valence-corrected chi connectivity index (χ4v) is 6.13. The van der Waals surface area contributed by atoms with Crippen molar-refractivity contribution in [1.82, 2.24) is 14.8 Å². The molecule has 2 aromatic heterocycles. The number of sulfonamides is 1. The lowest BCUT2D eigenvalue weighted by Gasteiger charge is -2.10. The number of primary sulfonamides is 1. The third-order valence-electron chi connectivity index (χ3n) is 7.09. The molecule has 0 atom stereocenters. The number of benzene rings is 3. The number of thiazole rings is 1. The normalized spacial score (nSPS) is 13.4. The maximum Gasteiger partial charge on any atom is 0.355 e. The molecule has 11 heteroatoms. The summed E-state index contributed by atoms with van der Waals surface area (Å²) in [6.45, 7) is 0. The van der Waals surface area contributed by atoms with Crippen LogP contribution in [0.15, 0.2) is 83.1 Å². The van der Waals surface area contributed by atoms with Gasteiger partial charge in [-0.2, -0.15) is 5.10 Å². The zero-order valence-corrected chi connectivity index (χ0v) is 23.3. The number of carboxylic acid groups (broad SMARTS) is 1. The molecule has 1 saturated carbocycles. The highest BCUT2D eigenvalue weighted by molar-refractivity contribution is 7.89. The molecule has 0 radical (unpaired) electrons. The summed E-state index contributed by atoms with van der Waals surface area (Å²) in [7, 11) is -3.83. The molecule has 208 valence electrons. The van der Waals surface area contributed by atoms with E-state index in [2.05, 4.69) is 4.98 Å². The summed E-state index contributed by atoms with van der Waals surface area (Å²) in [4.78, 5) is 15.9. The van der Waals surface area contributed by atoms with Gasteiger partial charge in [-0.25, -0.2) is 32.4 Å². The molecular formula is C30H25FN4O4S2. The lowest BCUT2D eigenvalue weighted by molar-refractivity contribution is 0.0691. The second kappa shape index (κ2) is 10.7. The van der Waals surface area contributed by atoms with E-state index >= 15 is 0 Å². The van der Waals surface area contributed by atoms with Gasteiger partial charge in [-0.3, -0.25) is 0 Å². The zero-order valence-electron chi connectivity index (χ0n) is 21.7.